The van der Waals surface area contributed by atoms with Crippen molar-refractivity contribution in [2.24, 2.45) is 0 Å². The van der Waals surface area contributed by atoms with Crippen LogP contribution in [0.5, 0.6) is 0 Å². The van der Waals surface area contributed by atoms with Crippen molar-refractivity contribution in [1.82, 2.24) is 5.32 Å². The summed E-state index contributed by atoms with van der Waals surface area (Å²) in [5.41, 5.74) is -0.792. The maximum Gasteiger partial charge on any atom is 0.330 e. The molecule has 1 N–H and O–H groups in total. The van der Waals surface area contributed by atoms with E-state index in [1.165, 1.54) is 25.3 Å². The Hall–Kier alpha value is -1.26. The van der Waals surface area contributed by atoms with Gasteiger partial charge < -0.3 is 10.1 Å². The van der Waals surface area contributed by atoms with Crippen molar-refractivity contribution in [2.45, 2.75) is 19.4 Å². The third-order valence-corrected chi connectivity index (χ3v) is 3.04. The first-order valence-corrected chi connectivity index (χ1v) is 5.89. The number of rotatable bonds is 3. The summed E-state index contributed by atoms with van der Waals surface area (Å²) in [7, 11) is 1.26. The van der Waals surface area contributed by atoms with Crippen LogP contribution in [0.4, 0.5) is 0 Å². The van der Waals surface area contributed by atoms with E-state index in [4.69, 9.17) is 23.2 Å². The van der Waals surface area contributed by atoms with E-state index in [9.17, 15) is 9.59 Å². The number of methoxy groups -OCH3 is 1. The molecule has 0 unspecified atom stereocenters. The van der Waals surface area contributed by atoms with Crippen molar-refractivity contribution in [2.75, 3.05) is 7.11 Å². The van der Waals surface area contributed by atoms with Crippen LogP contribution in [0, 0.1) is 0 Å². The monoisotopic (exact) mass is 289 g/mol. The average Bonchev–Trinajstić information content (AvgIpc) is 2.30. The number of carbonyl (C=O) groups excluding carboxylic acids is 2. The second kappa shape index (κ2) is 5.59. The van der Waals surface area contributed by atoms with Gasteiger partial charge in [-0.25, -0.2) is 4.79 Å². The number of carbonyl (C=O) groups is 2. The molecule has 4 nitrogen and oxygen atoms in total. The highest BCUT2D eigenvalue weighted by atomic mass is 35.5. The van der Waals surface area contributed by atoms with E-state index in [0.29, 0.717) is 10.6 Å². The number of hydrogen-bond acceptors (Lipinski definition) is 3. The van der Waals surface area contributed by atoms with Crippen molar-refractivity contribution in [3.8, 4) is 0 Å². The molecule has 98 valence electrons. The fraction of sp³-hybridized carbons (Fsp3) is 0.333. The molecule has 0 aliphatic carbocycles. The van der Waals surface area contributed by atoms with Gasteiger partial charge in [0.2, 0.25) is 0 Å². The van der Waals surface area contributed by atoms with E-state index in [2.05, 4.69) is 10.1 Å². The lowest BCUT2D eigenvalue weighted by atomic mass is 10.1. The predicted molar refractivity (Wildman–Crippen MR) is 70.0 cm³/mol. The fourth-order valence-corrected chi connectivity index (χ4v) is 1.60. The molecule has 0 heterocycles. The Morgan fingerprint density at radius 2 is 1.83 bits per heavy atom. The molecule has 18 heavy (non-hydrogen) atoms. The van der Waals surface area contributed by atoms with Crippen LogP contribution < -0.4 is 5.32 Å². The van der Waals surface area contributed by atoms with Crippen LogP contribution >= 0.6 is 23.2 Å². The molecule has 0 radical (unpaired) electrons. The highest BCUT2D eigenvalue weighted by molar-refractivity contribution is 6.42. The maximum atomic E-state index is 11.9. The number of halogens is 2. The summed E-state index contributed by atoms with van der Waals surface area (Å²) in [6.45, 7) is 3.10. The van der Waals surface area contributed by atoms with Crippen LogP contribution in [0.15, 0.2) is 18.2 Å². The number of ether oxygens (including phenoxy) is 1. The summed E-state index contributed by atoms with van der Waals surface area (Å²) in [5, 5.41) is 3.19. The molecule has 0 bridgehead atoms. The van der Waals surface area contributed by atoms with Crippen molar-refractivity contribution >= 4 is 35.1 Å². The predicted octanol–water partition coefficient (Wildman–Crippen LogP) is 2.67. The highest BCUT2D eigenvalue weighted by Gasteiger charge is 2.30. The van der Waals surface area contributed by atoms with Gasteiger partial charge in [-0.2, -0.15) is 0 Å². The van der Waals surface area contributed by atoms with Crippen LogP contribution in [0.2, 0.25) is 10.0 Å². The first-order chi connectivity index (χ1) is 8.27. The Morgan fingerprint density at radius 1 is 1.22 bits per heavy atom. The molecule has 0 saturated heterocycles. The van der Waals surface area contributed by atoms with Crippen LogP contribution in [0.3, 0.4) is 0 Å². The molecular weight excluding hydrogens is 277 g/mol. The van der Waals surface area contributed by atoms with Gasteiger partial charge >= 0.3 is 5.97 Å². The first-order valence-electron chi connectivity index (χ1n) is 5.14. The highest BCUT2D eigenvalue weighted by Crippen LogP contribution is 2.22. The molecule has 0 saturated carbocycles. The number of esters is 1. The van der Waals surface area contributed by atoms with Crippen molar-refractivity contribution in [3.05, 3.63) is 33.8 Å². The summed E-state index contributed by atoms with van der Waals surface area (Å²) in [4.78, 5) is 23.4. The van der Waals surface area contributed by atoms with E-state index < -0.39 is 17.4 Å². The molecule has 1 amide bonds. The van der Waals surface area contributed by atoms with Crippen LogP contribution in [0.1, 0.15) is 24.2 Å². The third-order valence-electron chi connectivity index (χ3n) is 2.30. The molecule has 0 aliphatic rings. The van der Waals surface area contributed by atoms with Crippen molar-refractivity contribution < 1.29 is 14.3 Å². The largest absolute Gasteiger partial charge is 0.467 e. The Labute approximate surface area is 115 Å². The molecule has 0 spiro atoms. The van der Waals surface area contributed by atoms with E-state index in [-0.39, 0.29) is 5.02 Å². The number of amides is 1. The molecular formula is C12H13Cl2NO3. The van der Waals surface area contributed by atoms with E-state index in [0.717, 1.165) is 0 Å². The third kappa shape index (κ3) is 3.37. The minimum Gasteiger partial charge on any atom is -0.467 e. The number of hydrogen-bond donors (Lipinski definition) is 1. The smallest absolute Gasteiger partial charge is 0.330 e. The van der Waals surface area contributed by atoms with Gasteiger partial charge in [0.05, 0.1) is 17.2 Å². The van der Waals surface area contributed by atoms with Crippen molar-refractivity contribution in [1.29, 1.82) is 0 Å². The summed E-state index contributed by atoms with van der Waals surface area (Å²) in [6, 6.07) is 4.48. The van der Waals surface area contributed by atoms with Gasteiger partial charge in [0.25, 0.3) is 5.91 Å². The zero-order chi connectivity index (χ0) is 13.9. The SMILES string of the molecule is COC(=O)C(C)(C)NC(=O)c1ccc(Cl)c(Cl)c1. The molecule has 0 atom stereocenters. The molecule has 6 heteroatoms. The average molecular weight is 290 g/mol. The summed E-state index contributed by atoms with van der Waals surface area (Å²) < 4.78 is 4.59. The lowest BCUT2D eigenvalue weighted by Crippen LogP contribution is -2.50. The van der Waals surface area contributed by atoms with Crippen LogP contribution in [-0.2, 0) is 9.53 Å². The Balaban J connectivity index is 2.89. The molecule has 0 aromatic heterocycles. The Morgan fingerprint density at radius 3 is 2.33 bits per heavy atom. The normalized spacial score (nSPS) is 10.9. The minimum atomic E-state index is -1.11. The van der Waals surface area contributed by atoms with Gasteiger partial charge in [-0.05, 0) is 32.0 Å². The van der Waals surface area contributed by atoms with Gasteiger partial charge in [-0.15, -0.1) is 0 Å². The Kier molecular flexibility index (Phi) is 4.59. The van der Waals surface area contributed by atoms with Gasteiger partial charge in [0, 0.05) is 5.56 Å². The second-order valence-corrected chi connectivity index (χ2v) is 5.01. The quantitative estimate of drug-likeness (QED) is 0.871. The second-order valence-electron chi connectivity index (χ2n) is 4.20. The van der Waals surface area contributed by atoms with Crippen LogP contribution in [0.25, 0.3) is 0 Å². The van der Waals surface area contributed by atoms with Gasteiger partial charge in [0.1, 0.15) is 5.54 Å². The molecule has 0 aliphatic heterocycles. The minimum absolute atomic E-state index is 0.278. The van der Waals surface area contributed by atoms with Crippen LogP contribution in [-0.4, -0.2) is 24.5 Å². The maximum absolute atomic E-state index is 11.9. The number of nitrogens with one attached hydrogen (secondary N) is 1. The Bertz CT molecular complexity index is 486. The van der Waals surface area contributed by atoms with Gasteiger partial charge in [0.15, 0.2) is 0 Å². The molecule has 1 aromatic carbocycles. The first kappa shape index (κ1) is 14.8. The summed E-state index contributed by atoms with van der Waals surface area (Å²) in [5.74, 6) is -0.958. The lowest BCUT2D eigenvalue weighted by molar-refractivity contribution is -0.146. The van der Waals surface area contributed by atoms with Crippen molar-refractivity contribution in [3.63, 3.8) is 0 Å². The van der Waals surface area contributed by atoms with Gasteiger partial charge in [-0.3, -0.25) is 4.79 Å². The zero-order valence-electron chi connectivity index (χ0n) is 10.2. The fourth-order valence-electron chi connectivity index (χ4n) is 1.30. The van der Waals surface area contributed by atoms with E-state index in [1.54, 1.807) is 13.8 Å². The topological polar surface area (TPSA) is 55.4 Å². The molecule has 1 aromatic rings. The molecule has 1 rings (SSSR count). The summed E-state index contributed by atoms with van der Waals surface area (Å²) in [6.07, 6.45) is 0. The standard InChI is InChI=1S/C12H13Cl2NO3/c1-12(2,11(17)18-3)15-10(16)7-4-5-8(13)9(14)6-7/h4-6H,1-3H3,(H,15,16). The number of benzene rings is 1. The lowest BCUT2D eigenvalue weighted by Gasteiger charge is -2.23. The summed E-state index contributed by atoms with van der Waals surface area (Å²) >= 11 is 11.6. The van der Waals surface area contributed by atoms with E-state index >= 15 is 0 Å². The van der Waals surface area contributed by atoms with Gasteiger partial charge in [-0.1, -0.05) is 23.2 Å². The van der Waals surface area contributed by atoms with E-state index in [1.807, 2.05) is 0 Å². The molecule has 0 fully saturated rings. The zero-order valence-corrected chi connectivity index (χ0v) is 11.7.